The van der Waals surface area contributed by atoms with E-state index in [1.807, 2.05) is 0 Å². The number of nitrogens with one attached hydrogen (secondary N) is 2. The molecule has 6 heteroatoms. The van der Waals surface area contributed by atoms with Crippen LogP contribution in [0.2, 0.25) is 0 Å². The van der Waals surface area contributed by atoms with Gasteiger partial charge in [0.1, 0.15) is 9.84 Å². The molecule has 16 heavy (non-hydrogen) atoms. The average molecular weight is 250 g/mol. The minimum atomic E-state index is -2.86. The molecule has 2 N–H and O–H groups in total. The highest BCUT2D eigenvalue weighted by atomic mass is 32.2. The second-order valence-electron chi connectivity index (χ2n) is 4.45. The highest BCUT2D eigenvalue weighted by molar-refractivity contribution is 7.90. The molecule has 1 heterocycles. The van der Waals surface area contributed by atoms with Crippen molar-refractivity contribution >= 4 is 9.84 Å². The first-order valence-electron chi connectivity index (χ1n) is 5.69. The zero-order valence-electron chi connectivity index (χ0n) is 10.0. The van der Waals surface area contributed by atoms with Crippen molar-refractivity contribution in [3.8, 4) is 0 Å². The molecule has 96 valence electrons. The number of morpholine rings is 1. The number of hydrogen-bond acceptors (Lipinski definition) is 5. The SMILES string of the molecule is CC(CC1COCCN1)NCCS(C)(=O)=O. The van der Waals surface area contributed by atoms with Crippen LogP contribution in [-0.2, 0) is 14.6 Å². The molecule has 2 unspecified atom stereocenters. The normalized spacial score (nSPS) is 24.2. The van der Waals surface area contributed by atoms with Crippen molar-refractivity contribution in [2.24, 2.45) is 0 Å². The van der Waals surface area contributed by atoms with Crippen LogP contribution in [0.1, 0.15) is 13.3 Å². The Balaban J connectivity index is 2.12. The summed E-state index contributed by atoms with van der Waals surface area (Å²) in [6.45, 7) is 5.03. The van der Waals surface area contributed by atoms with Crippen LogP contribution in [0.3, 0.4) is 0 Å². The first-order valence-corrected chi connectivity index (χ1v) is 7.75. The predicted molar refractivity (Wildman–Crippen MR) is 64.4 cm³/mol. The molecule has 1 aliphatic rings. The molecule has 0 spiro atoms. The lowest BCUT2D eigenvalue weighted by molar-refractivity contribution is 0.0713. The third kappa shape index (κ3) is 6.42. The van der Waals surface area contributed by atoms with E-state index in [4.69, 9.17) is 4.74 Å². The molecule has 1 saturated heterocycles. The van der Waals surface area contributed by atoms with Gasteiger partial charge in [-0.2, -0.15) is 0 Å². The molecular weight excluding hydrogens is 228 g/mol. The zero-order valence-corrected chi connectivity index (χ0v) is 10.8. The first-order chi connectivity index (χ1) is 7.47. The molecule has 1 rings (SSSR count). The molecule has 0 aromatic heterocycles. The molecule has 0 aromatic rings. The first kappa shape index (κ1) is 13.9. The molecule has 0 amide bonds. The lowest BCUT2D eigenvalue weighted by atomic mass is 10.1. The molecule has 5 nitrogen and oxygen atoms in total. The summed E-state index contributed by atoms with van der Waals surface area (Å²) in [6.07, 6.45) is 2.22. The van der Waals surface area contributed by atoms with Gasteiger partial charge in [0.05, 0.1) is 19.0 Å². The van der Waals surface area contributed by atoms with E-state index in [1.54, 1.807) is 0 Å². The second kappa shape index (κ2) is 6.54. The maximum Gasteiger partial charge on any atom is 0.148 e. The van der Waals surface area contributed by atoms with Gasteiger partial charge in [0.25, 0.3) is 0 Å². The van der Waals surface area contributed by atoms with Gasteiger partial charge in [-0.3, -0.25) is 0 Å². The van der Waals surface area contributed by atoms with Crippen molar-refractivity contribution in [3.63, 3.8) is 0 Å². The molecule has 0 saturated carbocycles. The highest BCUT2D eigenvalue weighted by Gasteiger charge is 2.16. The number of rotatable bonds is 6. The highest BCUT2D eigenvalue weighted by Crippen LogP contribution is 2.02. The maximum absolute atomic E-state index is 10.9. The molecule has 2 atom stereocenters. The van der Waals surface area contributed by atoms with Crippen LogP contribution in [0.5, 0.6) is 0 Å². The number of hydrogen-bond donors (Lipinski definition) is 2. The number of sulfone groups is 1. The Hall–Kier alpha value is -0.170. The molecule has 0 aliphatic carbocycles. The third-order valence-electron chi connectivity index (χ3n) is 2.60. The molecule has 0 bridgehead atoms. The van der Waals surface area contributed by atoms with Crippen LogP contribution >= 0.6 is 0 Å². The van der Waals surface area contributed by atoms with E-state index in [-0.39, 0.29) is 5.75 Å². The summed E-state index contributed by atoms with van der Waals surface area (Å²) in [6, 6.07) is 0.690. The van der Waals surface area contributed by atoms with E-state index in [2.05, 4.69) is 17.6 Å². The summed E-state index contributed by atoms with van der Waals surface area (Å²) < 4.78 is 27.2. The second-order valence-corrected chi connectivity index (χ2v) is 6.71. The smallest absolute Gasteiger partial charge is 0.148 e. The number of ether oxygens (including phenoxy) is 1. The van der Waals surface area contributed by atoms with E-state index in [1.165, 1.54) is 6.26 Å². The Morgan fingerprint density at radius 3 is 2.88 bits per heavy atom. The molecule has 0 aromatic carbocycles. The predicted octanol–water partition coefficient (Wildman–Crippen LogP) is -0.612. The van der Waals surface area contributed by atoms with Gasteiger partial charge in [0.2, 0.25) is 0 Å². The van der Waals surface area contributed by atoms with Gasteiger partial charge in [-0.25, -0.2) is 8.42 Å². The Morgan fingerprint density at radius 1 is 1.56 bits per heavy atom. The van der Waals surface area contributed by atoms with Crippen molar-refractivity contribution in [2.45, 2.75) is 25.4 Å². The summed E-state index contributed by atoms with van der Waals surface area (Å²) in [4.78, 5) is 0. The quantitative estimate of drug-likeness (QED) is 0.658. The lowest BCUT2D eigenvalue weighted by Gasteiger charge is -2.26. The van der Waals surface area contributed by atoms with Gasteiger partial charge in [-0.05, 0) is 13.3 Å². The maximum atomic E-state index is 10.9. The van der Waals surface area contributed by atoms with E-state index >= 15 is 0 Å². The van der Waals surface area contributed by atoms with Gasteiger partial charge in [0.15, 0.2) is 0 Å². The molecule has 1 aliphatic heterocycles. The van der Waals surface area contributed by atoms with Gasteiger partial charge >= 0.3 is 0 Å². The van der Waals surface area contributed by atoms with E-state index in [9.17, 15) is 8.42 Å². The Kier molecular flexibility index (Phi) is 5.68. The summed E-state index contributed by atoms with van der Waals surface area (Å²) >= 11 is 0. The fourth-order valence-corrected chi connectivity index (χ4v) is 2.26. The molecule has 0 radical (unpaired) electrons. The summed E-state index contributed by atoms with van der Waals surface area (Å²) in [5.74, 6) is 0.200. The van der Waals surface area contributed by atoms with Crippen LogP contribution in [0, 0.1) is 0 Å². The Labute approximate surface area is 97.9 Å². The summed E-state index contributed by atoms with van der Waals surface area (Å²) in [5, 5.41) is 6.59. The molecule has 1 fully saturated rings. The van der Waals surface area contributed by atoms with Gasteiger partial charge in [0, 0.05) is 31.4 Å². The average Bonchev–Trinajstić information content (AvgIpc) is 2.17. The van der Waals surface area contributed by atoms with Crippen molar-refractivity contribution in [3.05, 3.63) is 0 Å². The summed E-state index contributed by atoms with van der Waals surface area (Å²) in [7, 11) is -2.86. The van der Waals surface area contributed by atoms with Gasteiger partial charge < -0.3 is 15.4 Å². The van der Waals surface area contributed by atoms with Gasteiger partial charge in [-0.1, -0.05) is 0 Å². The molecular formula is C10H22N2O3S. The van der Waals surface area contributed by atoms with E-state index < -0.39 is 9.84 Å². The topological polar surface area (TPSA) is 67.4 Å². The fraction of sp³-hybridized carbons (Fsp3) is 1.00. The minimum absolute atomic E-state index is 0.200. The largest absolute Gasteiger partial charge is 0.379 e. The van der Waals surface area contributed by atoms with Crippen molar-refractivity contribution in [1.82, 2.24) is 10.6 Å². The van der Waals surface area contributed by atoms with E-state index in [0.717, 1.165) is 26.2 Å². The fourth-order valence-electron chi connectivity index (χ4n) is 1.77. The standard InChI is InChI=1S/C10H22N2O3S/c1-9(11-4-6-16(2,13)14)7-10-8-15-5-3-12-10/h9-12H,3-8H2,1-2H3. The Bertz CT molecular complexity index is 286. The minimum Gasteiger partial charge on any atom is -0.379 e. The monoisotopic (exact) mass is 250 g/mol. The zero-order chi connectivity index (χ0) is 12.0. The van der Waals surface area contributed by atoms with Gasteiger partial charge in [-0.15, -0.1) is 0 Å². The van der Waals surface area contributed by atoms with Crippen LogP contribution in [0.4, 0.5) is 0 Å². The van der Waals surface area contributed by atoms with Crippen LogP contribution in [-0.4, -0.2) is 58.8 Å². The van der Waals surface area contributed by atoms with Crippen LogP contribution in [0.25, 0.3) is 0 Å². The van der Waals surface area contributed by atoms with Crippen LogP contribution < -0.4 is 10.6 Å². The van der Waals surface area contributed by atoms with Crippen molar-refractivity contribution < 1.29 is 13.2 Å². The van der Waals surface area contributed by atoms with Crippen molar-refractivity contribution in [2.75, 3.05) is 38.3 Å². The van der Waals surface area contributed by atoms with Crippen molar-refractivity contribution in [1.29, 1.82) is 0 Å². The summed E-state index contributed by atoms with van der Waals surface area (Å²) in [5.41, 5.74) is 0. The third-order valence-corrected chi connectivity index (χ3v) is 3.55. The van der Waals surface area contributed by atoms with Crippen LogP contribution in [0.15, 0.2) is 0 Å². The Morgan fingerprint density at radius 2 is 2.31 bits per heavy atom. The van der Waals surface area contributed by atoms with E-state index in [0.29, 0.717) is 18.6 Å². The lowest BCUT2D eigenvalue weighted by Crippen LogP contribution is -2.45.